The molecule has 0 aromatic rings. The maximum Gasteiger partial charge on any atom is 0.236 e. The second-order valence-electron chi connectivity index (χ2n) is 5.98. The molecule has 0 bridgehead atoms. The van der Waals surface area contributed by atoms with Crippen LogP contribution in [0.1, 0.15) is 33.6 Å². The summed E-state index contributed by atoms with van der Waals surface area (Å²) in [5.41, 5.74) is -0.0974. The van der Waals surface area contributed by atoms with Crippen molar-refractivity contribution in [3.8, 4) is 0 Å². The average molecular weight is 242 g/mol. The second-order valence-corrected chi connectivity index (χ2v) is 5.98. The minimum absolute atomic E-state index is 0.0974. The van der Waals surface area contributed by atoms with Gasteiger partial charge in [0.25, 0.3) is 0 Å². The van der Waals surface area contributed by atoms with E-state index in [9.17, 15) is 4.79 Å². The predicted molar refractivity (Wildman–Crippen MR) is 69.0 cm³/mol. The predicted octanol–water partition coefficient (Wildman–Crippen LogP) is 1.35. The van der Waals surface area contributed by atoms with Crippen molar-refractivity contribution in [2.75, 3.05) is 33.8 Å². The summed E-state index contributed by atoms with van der Waals surface area (Å²) in [5.74, 6) is 0.174. The van der Waals surface area contributed by atoms with Crippen LogP contribution in [0, 0.1) is 0 Å². The quantitative estimate of drug-likeness (QED) is 0.746. The van der Waals surface area contributed by atoms with Gasteiger partial charge in [-0.1, -0.05) is 0 Å². The fraction of sp³-hybridized carbons (Fsp3) is 0.923. The third-order valence-corrected chi connectivity index (χ3v) is 3.04. The molecule has 0 aromatic heterocycles. The minimum Gasteiger partial charge on any atom is -0.374 e. The van der Waals surface area contributed by atoms with E-state index in [-0.39, 0.29) is 11.5 Å². The molecule has 0 unspecified atom stereocenters. The van der Waals surface area contributed by atoms with Crippen molar-refractivity contribution < 1.29 is 9.53 Å². The third-order valence-electron chi connectivity index (χ3n) is 3.04. The highest BCUT2D eigenvalue weighted by molar-refractivity contribution is 5.77. The molecule has 0 aromatic carbocycles. The Morgan fingerprint density at radius 2 is 2.06 bits per heavy atom. The zero-order valence-corrected chi connectivity index (χ0v) is 11.8. The molecule has 1 aliphatic heterocycles. The van der Waals surface area contributed by atoms with Crippen molar-refractivity contribution in [1.29, 1.82) is 0 Å². The Labute approximate surface area is 105 Å². The summed E-state index contributed by atoms with van der Waals surface area (Å²) >= 11 is 0. The van der Waals surface area contributed by atoms with E-state index in [0.29, 0.717) is 12.6 Å². The van der Waals surface area contributed by atoms with Gasteiger partial charge < -0.3 is 9.64 Å². The summed E-state index contributed by atoms with van der Waals surface area (Å²) in [6, 6.07) is 0.401. The van der Waals surface area contributed by atoms with Crippen LogP contribution in [0.2, 0.25) is 0 Å². The molecule has 100 valence electrons. The van der Waals surface area contributed by atoms with Crippen LogP contribution < -0.4 is 0 Å². The number of rotatable bonds is 4. The summed E-state index contributed by atoms with van der Waals surface area (Å²) in [6.45, 7) is 8.46. The standard InChI is InChI=1S/C13H26N2O2/c1-13(2,3)17-10-11-7-6-8-15(11)9-12(16)14(4)5/h11H,6-10H2,1-5H3/t11-/m0/s1. The van der Waals surface area contributed by atoms with Crippen molar-refractivity contribution >= 4 is 5.91 Å². The van der Waals surface area contributed by atoms with E-state index in [1.807, 2.05) is 0 Å². The van der Waals surface area contributed by atoms with Gasteiger partial charge in [0.2, 0.25) is 5.91 Å². The molecular formula is C13H26N2O2. The monoisotopic (exact) mass is 242 g/mol. The van der Waals surface area contributed by atoms with Gasteiger partial charge in [0.15, 0.2) is 0 Å². The van der Waals surface area contributed by atoms with Crippen molar-refractivity contribution in [2.24, 2.45) is 0 Å². The van der Waals surface area contributed by atoms with Crippen LogP contribution in [0.25, 0.3) is 0 Å². The van der Waals surface area contributed by atoms with Gasteiger partial charge in [0, 0.05) is 20.1 Å². The zero-order chi connectivity index (χ0) is 13.1. The number of carbonyl (C=O) groups is 1. The lowest BCUT2D eigenvalue weighted by Gasteiger charge is -2.28. The molecule has 0 saturated carbocycles. The first-order chi connectivity index (χ1) is 7.79. The Bertz CT molecular complexity index is 259. The van der Waals surface area contributed by atoms with E-state index in [4.69, 9.17) is 4.74 Å². The van der Waals surface area contributed by atoms with Gasteiger partial charge in [-0.3, -0.25) is 9.69 Å². The molecule has 0 N–H and O–H groups in total. The van der Waals surface area contributed by atoms with Crippen LogP contribution in [0.15, 0.2) is 0 Å². The smallest absolute Gasteiger partial charge is 0.236 e. The lowest BCUT2D eigenvalue weighted by Crippen LogP contribution is -2.42. The van der Waals surface area contributed by atoms with Crippen molar-refractivity contribution in [3.05, 3.63) is 0 Å². The van der Waals surface area contributed by atoms with Crippen molar-refractivity contribution in [1.82, 2.24) is 9.80 Å². The number of amides is 1. The number of nitrogens with zero attached hydrogens (tertiary/aromatic N) is 2. The second kappa shape index (κ2) is 5.83. The Morgan fingerprint density at radius 1 is 1.41 bits per heavy atom. The molecule has 17 heavy (non-hydrogen) atoms. The van der Waals surface area contributed by atoms with E-state index in [0.717, 1.165) is 19.6 Å². The fourth-order valence-electron chi connectivity index (χ4n) is 1.95. The van der Waals surface area contributed by atoms with Crippen molar-refractivity contribution in [2.45, 2.75) is 45.3 Å². The van der Waals surface area contributed by atoms with Gasteiger partial charge in [-0.05, 0) is 40.2 Å². The molecule has 1 atom stereocenters. The highest BCUT2D eigenvalue weighted by Gasteiger charge is 2.28. The Hall–Kier alpha value is -0.610. The number of hydrogen-bond donors (Lipinski definition) is 0. The largest absolute Gasteiger partial charge is 0.374 e. The van der Waals surface area contributed by atoms with E-state index >= 15 is 0 Å². The van der Waals surface area contributed by atoms with Crippen LogP contribution in [0.3, 0.4) is 0 Å². The number of ether oxygens (including phenoxy) is 1. The maximum atomic E-state index is 11.7. The van der Waals surface area contributed by atoms with E-state index in [1.165, 1.54) is 6.42 Å². The first kappa shape index (κ1) is 14.5. The maximum absolute atomic E-state index is 11.7. The van der Waals surface area contributed by atoms with Crippen LogP contribution in [-0.2, 0) is 9.53 Å². The van der Waals surface area contributed by atoms with Gasteiger partial charge in [0.05, 0.1) is 18.8 Å². The van der Waals surface area contributed by atoms with Gasteiger partial charge in [-0.15, -0.1) is 0 Å². The SMILES string of the molecule is CN(C)C(=O)CN1CCC[C@H]1COC(C)(C)C. The highest BCUT2D eigenvalue weighted by Crippen LogP contribution is 2.19. The van der Waals surface area contributed by atoms with E-state index in [1.54, 1.807) is 19.0 Å². The number of carbonyl (C=O) groups excluding carboxylic acids is 1. The van der Waals surface area contributed by atoms with E-state index in [2.05, 4.69) is 25.7 Å². The van der Waals surface area contributed by atoms with E-state index < -0.39 is 0 Å². The highest BCUT2D eigenvalue weighted by atomic mass is 16.5. The molecule has 1 rings (SSSR count). The molecule has 4 nitrogen and oxygen atoms in total. The minimum atomic E-state index is -0.0974. The van der Waals surface area contributed by atoms with Crippen LogP contribution in [-0.4, -0.2) is 61.1 Å². The lowest BCUT2D eigenvalue weighted by molar-refractivity contribution is -0.130. The summed E-state index contributed by atoms with van der Waals surface area (Å²) in [4.78, 5) is 15.6. The Balaban J connectivity index is 2.41. The van der Waals surface area contributed by atoms with Crippen LogP contribution in [0.5, 0.6) is 0 Å². The van der Waals surface area contributed by atoms with Gasteiger partial charge in [-0.2, -0.15) is 0 Å². The molecule has 1 aliphatic rings. The first-order valence-corrected chi connectivity index (χ1v) is 6.38. The van der Waals surface area contributed by atoms with Gasteiger partial charge in [-0.25, -0.2) is 0 Å². The van der Waals surface area contributed by atoms with Gasteiger partial charge in [0.1, 0.15) is 0 Å². The molecule has 4 heteroatoms. The third kappa shape index (κ3) is 5.04. The number of hydrogen-bond acceptors (Lipinski definition) is 3. The topological polar surface area (TPSA) is 32.8 Å². The normalized spacial score (nSPS) is 21.8. The Kier molecular flexibility index (Phi) is 4.95. The first-order valence-electron chi connectivity index (χ1n) is 6.38. The van der Waals surface area contributed by atoms with Gasteiger partial charge >= 0.3 is 0 Å². The number of likely N-dealkylation sites (tertiary alicyclic amines) is 1. The summed E-state index contributed by atoms with van der Waals surface area (Å²) in [7, 11) is 3.61. The molecule has 0 radical (unpaired) electrons. The molecular weight excluding hydrogens is 216 g/mol. The molecule has 1 heterocycles. The molecule has 0 spiro atoms. The fourth-order valence-corrected chi connectivity index (χ4v) is 1.95. The lowest BCUT2D eigenvalue weighted by atomic mass is 10.2. The summed E-state index contributed by atoms with van der Waals surface area (Å²) in [5, 5.41) is 0. The zero-order valence-electron chi connectivity index (χ0n) is 11.8. The van der Waals surface area contributed by atoms with Crippen LogP contribution >= 0.6 is 0 Å². The molecule has 1 saturated heterocycles. The number of likely N-dealkylation sites (N-methyl/N-ethyl adjacent to an activating group) is 1. The summed E-state index contributed by atoms with van der Waals surface area (Å²) < 4.78 is 5.82. The molecule has 1 fully saturated rings. The summed E-state index contributed by atoms with van der Waals surface area (Å²) in [6.07, 6.45) is 2.30. The average Bonchev–Trinajstić information content (AvgIpc) is 2.61. The van der Waals surface area contributed by atoms with Crippen LogP contribution in [0.4, 0.5) is 0 Å². The molecule has 1 amide bonds. The van der Waals surface area contributed by atoms with Crippen molar-refractivity contribution in [3.63, 3.8) is 0 Å². The molecule has 0 aliphatic carbocycles. The Morgan fingerprint density at radius 3 is 2.59 bits per heavy atom.